The molecule has 2 amide bonds. The van der Waals surface area contributed by atoms with E-state index in [4.69, 9.17) is 14.9 Å². The zero-order valence-electron chi connectivity index (χ0n) is 17.0. The first-order valence-corrected chi connectivity index (χ1v) is 9.51. The van der Waals surface area contributed by atoms with Gasteiger partial charge in [0.15, 0.2) is 11.7 Å². The fourth-order valence-electron chi connectivity index (χ4n) is 3.02. The van der Waals surface area contributed by atoms with Gasteiger partial charge in [0.1, 0.15) is 11.4 Å². The van der Waals surface area contributed by atoms with Crippen LogP contribution in [0.25, 0.3) is 0 Å². The SMILES string of the molecule is CN=C(NCc1ccc(C(N)=O)o1)NC1CCC(NC(=O)OC(C)(C)C)CC1. The highest BCUT2D eigenvalue weighted by atomic mass is 16.6. The number of carbonyl (C=O) groups excluding carboxylic acids is 2. The standard InChI is InChI=1S/C19H31N5O4/c1-19(2,3)28-18(26)24-13-7-5-12(6-8-13)23-17(21-4)22-11-14-9-10-15(27-14)16(20)25/h9-10,12-13H,5-8,11H2,1-4H3,(H2,20,25)(H,24,26)(H2,21,22,23). The molecule has 0 atom stereocenters. The summed E-state index contributed by atoms with van der Waals surface area (Å²) in [6.45, 7) is 5.94. The Kier molecular flexibility index (Phi) is 7.31. The van der Waals surface area contributed by atoms with Gasteiger partial charge in [-0.3, -0.25) is 9.79 Å². The molecule has 9 heteroatoms. The van der Waals surface area contributed by atoms with Crippen molar-refractivity contribution in [3.8, 4) is 0 Å². The number of rotatable bonds is 5. The Morgan fingerprint density at radius 2 is 1.79 bits per heavy atom. The Bertz CT molecular complexity index is 699. The lowest BCUT2D eigenvalue weighted by atomic mass is 9.91. The summed E-state index contributed by atoms with van der Waals surface area (Å²) < 4.78 is 10.7. The second kappa shape index (κ2) is 9.48. The molecule has 156 valence electrons. The van der Waals surface area contributed by atoms with Crippen LogP contribution in [0.5, 0.6) is 0 Å². The lowest BCUT2D eigenvalue weighted by Gasteiger charge is -2.31. The average Bonchev–Trinajstić information content (AvgIpc) is 3.07. The van der Waals surface area contributed by atoms with Gasteiger partial charge < -0.3 is 30.8 Å². The summed E-state index contributed by atoms with van der Waals surface area (Å²) in [5.41, 5.74) is 4.69. The first-order valence-electron chi connectivity index (χ1n) is 9.51. The number of nitrogens with two attached hydrogens (primary N) is 1. The molecule has 1 aliphatic rings. The van der Waals surface area contributed by atoms with Crippen molar-refractivity contribution in [2.75, 3.05) is 7.05 Å². The molecule has 1 fully saturated rings. The number of ether oxygens (including phenoxy) is 1. The summed E-state index contributed by atoms with van der Waals surface area (Å²) in [6, 6.07) is 3.64. The number of amides is 2. The number of nitrogens with one attached hydrogen (secondary N) is 3. The maximum Gasteiger partial charge on any atom is 0.407 e. The van der Waals surface area contributed by atoms with Crippen LogP contribution in [0.15, 0.2) is 21.5 Å². The molecule has 1 heterocycles. The molecule has 0 radical (unpaired) electrons. The van der Waals surface area contributed by atoms with Crippen molar-refractivity contribution in [2.45, 2.75) is 70.7 Å². The van der Waals surface area contributed by atoms with E-state index in [1.54, 1.807) is 19.2 Å². The van der Waals surface area contributed by atoms with Gasteiger partial charge in [0.05, 0.1) is 6.54 Å². The molecule has 0 aromatic carbocycles. The lowest BCUT2D eigenvalue weighted by Crippen LogP contribution is -2.47. The van der Waals surface area contributed by atoms with Gasteiger partial charge in [0.2, 0.25) is 0 Å². The van der Waals surface area contributed by atoms with Crippen LogP contribution in [0.3, 0.4) is 0 Å². The largest absolute Gasteiger partial charge is 0.454 e. The number of furan rings is 1. The van der Waals surface area contributed by atoms with E-state index in [-0.39, 0.29) is 23.9 Å². The molecule has 0 saturated heterocycles. The first-order chi connectivity index (χ1) is 13.2. The van der Waals surface area contributed by atoms with Crippen molar-refractivity contribution in [2.24, 2.45) is 10.7 Å². The van der Waals surface area contributed by atoms with Crippen molar-refractivity contribution in [3.05, 3.63) is 23.7 Å². The molecule has 28 heavy (non-hydrogen) atoms. The summed E-state index contributed by atoms with van der Waals surface area (Å²) in [6.07, 6.45) is 3.19. The summed E-state index contributed by atoms with van der Waals surface area (Å²) >= 11 is 0. The summed E-state index contributed by atoms with van der Waals surface area (Å²) in [5, 5.41) is 9.47. The highest BCUT2D eigenvalue weighted by molar-refractivity contribution is 5.89. The number of aliphatic imine (C=N–C) groups is 1. The van der Waals surface area contributed by atoms with E-state index < -0.39 is 11.5 Å². The van der Waals surface area contributed by atoms with Crippen LogP contribution in [0, 0.1) is 0 Å². The normalized spacial score (nSPS) is 20.4. The molecule has 1 saturated carbocycles. The fraction of sp³-hybridized carbons (Fsp3) is 0.632. The third-order valence-corrected chi connectivity index (χ3v) is 4.35. The van der Waals surface area contributed by atoms with Crippen LogP contribution >= 0.6 is 0 Å². The molecule has 0 bridgehead atoms. The number of hydrogen-bond donors (Lipinski definition) is 4. The highest BCUT2D eigenvalue weighted by Crippen LogP contribution is 2.19. The van der Waals surface area contributed by atoms with E-state index >= 15 is 0 Å². The Hall–Kier alpha value is -2.71. The number of carbonyl (C=O) groups is 2. The zero-order chi connectivity index (χ0) is 20.7. The predicted octanol–water partition coefficient (Wildman–Crippen LogP) is 1.88. The maximum absolute atomic E-state index is 11.9. The molecule has 1 aromatic rings. The molecular weight excluding hydrogens is 362 g/mol. The summed E-state index contributed by atoms with van der Waals surface area (Å²) in [4.78, 5) is 27.2. The van der Waals surface area contributed by atoms with Gasteiger partial charge in [-0.15, -0.1) is 0 Å². The van der Waals surface area contributed by atoms with Crippen molar-refractivity contribution in [3.63, 3.8) is 0 Å². The van der Waals surface area contributed by atoms with Gasteiger partial charge in [0.25, 0.3) is 5.91 Å². The van der Waals surface area contributed by atoms with Gasteiger partial charge in [-0.2, -0.15) is 0 Å². The van der Waals surface area contributed by atoms with Crippen LogP contribution in [-0.4, -0.2) is 42.7 Å². The van der Waals surface area contributed by atoms with E-state index in [9.17, 15) is 9.59 Å². The first kappa shape index (κ1) is 21.6. The fourth-order valence-corrected chi connectivity index (χ4v) is 3.02. The van der Waals surface area contributed by atoms with Gasteiger partial charge in [0, 0.05) is 19.1 Å². The second-order valence-corrected chi connectivity index (χ2v) is 7.90. The Morgan fingerprint density at radius 1 is 1.18 bits per heavy atom. The minimum absolute atomic E-state index is 0.123. The van der Waals surface area contributed by atoms with Crippen LogP contribution in [0.1, 0.15) is 62.8 Å². The molecule has 5 N–H and O–H groups in total. The quantitative estimate of drug-likeness (QED) is 0.446. The molecular formula is C19H31N5O4. The molecule has 0 aliphatic heterocycles. The monoisotopic (exact) mass is 393 g/mol. The number of nitrogens with zero attached hydrogens (tertiary/aromatic N) is 1. The lowest BCUT2D eigenvalue weighted by molar-refractivity contribution is 0.0490. The summed E-state index contributed by atoms with van der Waals surface area (Å²) in [5.74, 6) is 0.795. The van der Waals surface area contributed by atoms with Crippen molar-refractivity contribution in [1.29, 1.82) is 0 Å². The van der Waals surface area contributed by atoms with E-state index in [0.29, 0.717) is 18.3 Å². The Balaban J connectivity index is 1.73. The van der Waals surface area contributed by atoms with Gasteiger partial charge in [-0.1, -0.05) is 0 Å². The zero-order valence-corrected chi connectivity index (χ0v) is 17.0. The van der Waals surface area contributed by atoms with Gasteiger partial charge in [-0.05, 0) is 58.6 Å². The smallest absolute Gasteiger partial charge is 0.407 e. The number of guanidine groups is 1. The van der Waals surface area contributed by atoms with Gasteiger partial charge in [-0.25, -0.2) is 4.79 Å². The van der Waals surface area contributed by atoms with E-state index in [2.05, 4.69) is 20.9 Å². The molecule has 1 aliphatic carbocycles. The predicted molar refractivity (Wildman–Crippen MR) is 106 cm³/mol. The number of alkyl carbamates (subject to hydrolysis) is 1. The van der Waals surface area contributed by atoms with Crippen LogP contribution in [0.4, 0.5) is 4.79 Å². The third kappa shape index (κ3) is 7.13. The summed E-state index contributed by atoms with van der Waals surface area (Å²) in [7, 11) is 1.70. The maximum atomic E-state index is 11.9. The van der Waals surface area contributed by atoms with Crippen molar-refractivity contribution >= 4 is 18.0 Å². The topological polar surface area (TPSA) is 131 Å². The molecule has 1 aromatic heterocycles. The molecule has 0 unspecified atom stereocenters. The van der Waals surface area contributed by atoms with E-state index in [1.165, 1.54) is 0 Å². The van der Waals surface area contributed by atoms with Crippen LogP contribution in [0.2, 0.25) is 0 Å². The van der Waals surface area contributed by atoms with E-state index in [0.717, 1.165) is 25.7 Å². The molecule has 0 spiro atoms. The molecule has 2 rings (SSSR count). The minimum Gasteiger partial charge on any atom is -0.454 e. The Morgan fingerprint density at radius 3 is 2.29 bits per heavy atom. The Labute approximate surface area is 165 Å². The average molecular weight is 393 g/mol. The second-order valence-electron chi connectivity index (χ2n) is 7.90. The van der Waals surface area contributed by atoms with Crippen LogP contribution < -0.4 is 21.7 Å². The van der Waals surface area contributed by atoms with Gasteiger partial charge >= 0.3 is 6.09 Å². The third-order valence-electron chi connectivity index (χ3n) is 4.35. The number of primary amides is 1. The minimum atomic E-state index is -0.592. The molecule has 9 nitrogen and oxygen atoms in total. The number of hydrogen-bond acceptors (Lipinski definition) is 5. The van der Waals surface area contributed by atoms with Crippen LogP contribution in [-0.2, 0) is 11.3 Å². The highest BCUT2D eigenvalue weighted by Gasteiger charge is 2.25. The van der Waals surface area contributed by atoms with E-state index in [1.807, 2.05) is 20.8 Å². The van der Waals surface area contributed by atoms with Crippen molar-refractivity contribution in [1.82, 2.24) is 16.0 Å². The van der Waals surface area contributed by atoms with Crippen molar-refractivity contribution < 1.29 is 18.7 Å².